The molecule has 0 bridgehead atoms. The third-order valence-corrected chi connectivity index (χ3v) is 5.80. The predicted molar refractivity (Wildman–Crippen MR) is 110 cm³/mol. The van der Waals surface area contributed by atoms with Gasteiger partial charge in [0.15, 0.2) is 0 Å². The zero-order chi connectivity index (χ0) is 22.8. The van der Waals surface area contributed by atoms with Crippen molar-refractivity contribution in [2.75, 3.05) is 19.6 Å². The molecule has 4 rings (SSSR count). The van der Waals surface area contributed by atoms with Crippen LogP contribution in [-0.2, 0) is 20.9 Å². The van der Waals surface area contributed by atoms with Gasteiger partial charge in [-0.05, 0) is 30.7 Å². The average Bonchev–Trinajstić information content (AvgIpc) is 2.81. The summed E-state index contributed by atoms with van der Waals surface area (Å²) in [5.74, 6) is -3.00. The van der Waals surface area contributed by atoms with Gasteiger partial charge in [0.1, 0.15) is 23.7 Å². The van der Waals surface area contributed by atoms with Crippen molar-refractivity contribution >= 4 is 17.7 Å². The Morgan fingerprint density at radius 3 is 2.66 bits per heavy atom. The maximum absolute atomic E-state index is 14.0. The van der Waals surface area contributed by atoms with Gasteiger partial charge in [0.2, 0.25) is 11.8 Å². The molecule has 2 saturated heterocycles. The number of nitrogens with one attached hydrogen (secondary N) is 1. The Hall–Kier alpha value is -3.33. The van der Waals surface area contributed by atoms with Gasteiger partial charge in [0.05, 0.1) is 24.8 Å². The summed E-state index contributed by atoms with van der Waals surface area (Å²) < 4.78 is 33.3. The van der Waals surface area contributed by atoms with Crippen LogP contribution in [0.5, 0.6) is 0 Å². The molecule has 32 heavy (non-hydrogen) atoms. The normalized spacial score (nSPS) is 21.7. The molecule has 2 aliphatic heterocycles. The van der Waals surface area contributed by atoms with E-state index in [2.05, 4.69) is 5.32 Å². The lowest BCUT2D eigenvalue weighted by Gasteiger charge is -2.46. The lowest BCUT2D eigenvalue weighted by atomic mass is 10.0. The van der Waals surface area contributed by atoms with E-state index in [1.807, 2.05) is 30.3 Å². The van der Waals surface area contributed by atoms with Crippen LogP contribution in [0.3, 0.4) is 0 Å². The van der Waals surface area contributed by atoms with E-state index in [0.717, 1.165) is 23.8 Å². The topological polar surface area (TPSA) is 79.0 Å². The second-order valence-electron chi connectivity index (χ2n) is 7.91. The summed E-state index contributed by atoms with van der Waals surface area (Å²) in [6.07, 6.45) is -0.561. The van der Waals surface area contributed by atoms with Gasteiger partial charge < -0.3 is 19.9 Å². The van der Waals surface area contributed by atoms with Crippen LogP contribution in [0.25, 0.3) is 0 Å². The molecule has 0 spiro atoms. The number of nitrogens with zero attached hydrogens (tertiary/aromatic N) is 2. The van der Waals surface area contributed by atoms with E-state index < -0.39 is 47.2 Å². The van der Waals surface area contributed by atoms with E-state index in [4.69, 9.17) is 4.74 Å². The Kier molecular flexibility index (Phi) is 6.18. The van der Waals surface area contributed by atoms with Gasteiger partial charge in [0, 0.05) is 13.1 Å². The standard InChI is InChI=1S/C23H23F2N3O4/c1-14(32-13-15-5-3-2-4-6-15)20-23(31)28-10-9-27(12-19(28)21(29)26-20)22(30)17-11-16(24)7-8-18(17)25/h2-8,11,14,19-20H,9-10,12-13H2,1H3,(H,26,29)/t14-,19-,20+/m1/s1. The van der Waals surface area contributed by atoms with Gasteiger partial charge in [-0.2, -0.15) is 0 Å². The fraction of sp³-hybridized carbons (Fsp3) is 0.348. The molecule has 2 aromatic carbocycles. The lowest BCUT2D eigenvalue weighted by molar-refractivity contribution is -0.156. The summed E-state index contributed by atoms with van der Waals surface area (Å²) in [5, 5.41) is 2.69. The number of halogens is 2. The Morgan fingerprint density at radius 1 is 1.16 bits per heavy atom. The quantitative estimate of drug-likeness (QED) is 0.764. The molecule has 1 N–H and O–H groups in total. The number of ether oxygens (including phenoxy) is 1. The van der Waals surface area contributed by atoms with E-state index in [-0.39, 0.29) is 25.5 Å². The van der Waals surface area contributed by atoms with E-state index in [1.165, 1.54) is 9.80 Å². The summed E-state index contributed by atoms with van der Waals surface area (Å²) >= 11 is 0. The van der Waals surface area contributed by atoms with Crippen molar-refractivity contribution in [3.8, 4) is 0 Å². The maximum Gasteiger partial charge on any atom is 0.257 e. The minimum absolute atomic E-state index is 0.0989. The molecule has 9 heteroatoms. The van der Waals surface area contributed by atoms with Crippen molar-refractivity contribution in [3.05, 3.63) is 71.3 Å². The molecule has 2 aliphatic rings. The van der Waals surface area contributed by atoms with Crippen LogP contribution in [0.15, 0.2) is 48.5 Å². The van der Waals surface area contributed by atoms with Gasteiger partial charge >= 0.3 is 0 Å². The molecule has 0 unspecified atom stereocenters. The smallest absolute Gasteiger partial charge is 0.257 e. The van der Waals surface area contributed by atoms with Crippen LogP contribution in [0.4, 0.5) is 8.78 Å². The zero-order valence-corrected chi connectivity index (χ0v) is 17.5. The van der Waals surface area contributed by atoms with Gasteiger partial charge in [-0.3, -0.25) is 14.4 Å². The van der Waals surface area contributed by atoms with Crippen LogP contribution in [-0.4, -0.2) is 65.3 Å². The first-order valence-corrected chi connectivity index (χ1v) is 10.4. The van der Waals surface area contributed by atoms with Gasteiger partial charge in [-0.1, -0.05) is 30.3 Å². The Morgan fingerprint density at radius 2 is 1.91 bits per heavy atom. The Balaban J connectivity index is 1.42. The summed E-state index contributed by atoms with van der Waals surface area (Å²) in [5.41, 5.74) is 0.547. The molecule has 0 aromatic heterocycles. The molecule has 2 heterocycles. The van der Waals surface area contributed by atoms with Crippen LogP contribution in [0, 0.1) is 11.6 Å². The monoisotopic (exact) mass is 443 g/mol. The molecule has 7 nitrogen and oxygen atoms in total. The molecule has 3 amide bonds. The lowest BCUT2D eigenvalue weighted by Crippen LogP contribution is -2.71. The number of hydrogen-bond donors (Lipinski definition) is 1. The summed E-state index contributed by atoms with van der Waals surface area (Å²) in [6, 6.07) is 10.4. The number of carbonyl (C=O) groups excluding carboxylic acids is 3. The minimum atomic E-state index is -0.894. The maximum atomic E-state index is 14.0. The highest BCUT2D eigenvalue weighted by molar-refractivity contribution is 5.99. The first kappa shape index (κ1) is 21.9. The van der Waals surface area contributed by atoms with Gasteiger partial charge in [-0.25, -0.2) is 8.78 Å². The second kappa shape index (κ2) is 9.04. The third kappa shape index (κ3) is 4.34. The average molecular weight is 443 g/mol. The molecule has 168 valence electrons. The molecule has 0 saturated carbocycles. The highest BCUT2D eigenvalue weighted by Gasteiger charge is 2.46. The number of carbonyl (C=O) groups is 3. The van der Waals surface area contributed by atoms with Crippen molar-refractivity contribution in [1.82, 2.24) is 15.1 Å². The fourth-order valence-corrected chi connectivity index (χ4v) is 3.99. The largest absolute Gasteiger partial charge is 0.371 e. The van der Waals surface area contributed by atoms with Crippen LogP contribution >= 0.6 is 0 Å². The summed E-state index contributed by atoms with van der Waals surface area (Å²) in [4.78, 5) is 41.2. The van der Waals surface area contributed by atoms with E-state index in [0.29, 0.717) is 6.61 Å². The summed E-state index contributed by atoms with van der Waals surface area (Å²) in [6.45, 7) is 2.14. The van der Waals surface area contributed by atoms with Crippen LogP contribution in [0.1, 0.15) is 22.8 Å². The fourth-order valence-electron chi connectivity index (χ4n) is 3.99. The number of hydrogen-bond acceptors (Lipinski definition) is 4. The molecule has 3 atom stereocenters. The highest BCUT2D eigenvalue weighted by atomic mass is 19.1. The number of amides is 3. The first-order chi connectivity index (χ1) is 15.3. The minimum Gasteiger partial charge on any atom is -0.371 e. The van der Waals surface area contributed by atoms with Crippen LogP contribution in [0.2, 0.25) is 0 Å². The Labute approximate surface area is 183 Å². The molecule has 2 aromatic rings. The van der Waals surface area contributed by atoms with Crippen molar-refractivity contribution < 1.29 is 27.9 Å². The van der Waals surface area contributed by atoms with Gasteiger partial charge in [0.25, 0.3) is 5.91 Å². The number of benzene rings is 2. The van der Waals surface area contributed by atoms with E-state index >= 15 is 0 Å². The van der Waals surface area contributed by atoms with Crippen LogP contribution < -0.4 is 5.32 Å². The van der Waals surface area contributed by atoms with Crippen molar-refractivity contribution in [2.24, 2.45) is 0 Å². The van der Waals surface area contributed by atoms with Crippen molar-refractivity contribution in [2.45, 2.75) is 31.7 Å². The third-order valence-electron chi connectivity index (χ3n) is 5.80. The van der Waals surface area contributed by atoms with Crippen molar-refractivity contribution in [1.29, 1.82) is 0 Å². The number of rotatable bonds is 5. The molecule has 2 fully saturated rings. The zero-order valence-electron chi connectivity index (χ0n) is 17.5. The van der Waals surface area contributed by atoms with E-state index in [1.54, 1.807) is 6.92 Å². The molecular weight excluding hydrogens is 420 g/mol. The second-order valence-corrected chi connectivity index (χ2v) is 7.91. The predicted octanol–water partition coefficient (Wildman–Crippen LogP) is 1.72. The van der Waals surface area contributed by atoms with E-state index in [9.17, 15) is 23.2 Å². The molecule has 0 radical (unpaired) electrons. The van der Waals surface area contributed by atoms with Crippen molar-refractivity contribution in [3.63, 3.8) is 0 Å². The highest BCUT2D eigenvalue weighted by Crippen LogP contribution is 2.21. The molecule has 0 aliphatic carbocycles. The molecular formula is C23H23F2N3O4. The first-order valence-electron chi connectivity index (χ1n) is 10.4. The number of piperazine rings is 2. The summed E-state index contributed by atoms with van der Waals surface area (Å²) in [7, 11) is 0. The Bertz CT molecular complexity index is 1030. The number of fused-ring (bicyclic) bond motifs is 1. The SMILES string of the molecule is C[C@@H](OCc1ccccc1)[C@@H]1NC(=O)[C@H]2CN(C(=O)c3cc(F)ccc3F)CCN2C1=O. The van der Waals surface area contributed by atoms with Gasteiger partial charge in [-0.15, -0.1) is 0 Å².